The van der Waals surface area contributed by atoms with Crippen LogP contribution in [0.5, 0.6) is 11.5 Å². The van der Waals surface area contributed by atoms with Gasteiger partial charge < -0.3 is 15.2 Å². The summed E-state index contributed by atoms with van der Waals surface area (Å²) in [6, 6.07) is 5.85. The predicted molar refractivity (Wildman–Crippen MR) is 66.0 cm³/mol. The number of benzene rings is 1. The Hall–Kier alpha value is -1.22. The average molecular weight is 223 g/mol. The van der Waals surface area contributed by atoms with E-state index in [1.165, 1.54) is 0 Å². The van der Waals surface area contributed by atoms with Gasteiger partial charge in [0.05, 0.1) is 7.11 Å². The number of phenols is 1. The summed E-state index contributed by atoms with van der Waals surface area (Å²) in [5.41, 5.74) is 0.875. The second kappa shape index (κ2) is 5.75. The average Bonchev–Trinajstić information content (AvgIpc) is 2.29. The number of phenolic OH excluding ortho intramolecular Hbond substituents is 1. The van der Waals surface area contributed by atoms with Gasteiger partial charge in [-0.1, -0.05) is 6.92 Å². The number of hydrogen-bond acceptors (Lipinski definition) is 3. The van der Waals surface area contributed by atoms with Gasteiger partial charge in [0, 0.05) is 17.6 Å². The van der Waals surface area contributed by atoms with Crippen LogP contribution in [0.25, 0.3) is 0 Å². The lowest BCUT2D eigenvalue weighted by Gasteiger charge is -2.20. The highest BCUT2D eigenvalue weighted by molar-refractivity contribution is 5.41. The third kappa shape index (κ3) is 3.14. The molecule has 0 aromatic heterocycles. The molecule has 1 aromatic carbocycles. The minimum absolute atomic E-state index is 0.116. The van der Waals surface area contributed by atoms with Gasteiger partial charge >= 0.3 is 0 Å². The van der Waals surface area contributed by atoms with Crippen molar-refractivity contribution in [1.29, 1.82) is 0 Å². The molecule has 0 fully saturated rings. The van der Waals surface area contributed by atoms with Crippen molar-refractivity contribution in [2.75, 3.05) is 7.11 Å². The van der Waals surface area contributed by atoms with Crippen molar-refractivity contribution in [1.82, 2.24) is 5.32 Å². The molecule has 0 aliphatic rings. The van der Waals surface area contributed by atoms with Gasteiger partial charge in [-0.05, 0) is 38.5 Å². The molecule has 0 heterocycles. The number of methoxy groups -OCH3 is 1. The van der Waals surface area contributed by atoms with Crippen molar-refractivity contribution in [3.8, 4) is 11.5 Å². The maximum atomic E-state index is 9.79. The molecule has 90 valence electrons. The monoisotopic (exact) mass is 223 g/mol. The Kier molecular flexibility index (Phi) is 4.62. The maximum Gasteiger partial charge on any atom is 0.120 e. The van der Waals surface area contributed by atoms with Crippen LogP contribution in [0, 0.1) is 0 Å². The third-order valence-electron chi connectivity index (χ3n) is 2.85. The number of hydrogen-bond donors (Lipinski definition) is 2. The minimum atomic E-state index is 0.116. The third-order valence-corrected chi connectivity index (χ3v) is 2.85. The van der Waals surface area contributed by atoms with E-state index < -0.39 is 0 Å². The number of ether oxygens (including phenoxy) is 1. The van der Waals surface area contributed by atoms with Crippen molar-refractivity contribution in [2.24, 2.45) is 0 Å². The SMILES string of the molecule is CCC(C)NC(C)c1cc(OC)ccc1O. The summed E-state index contributed by atoms with van der Waals surface area (Å²) in [7, 11) is 1.63. The molecule has 0 saturated carbocycles. The van der Waals surface area contributed by atoms with E-state index in [9.17, 15) is 5.11 Å². The lowest BCUT2D eigenvalue weighted by molar-refractivity contribution is 0.403. The van der Waals surface area contributed by atoms with Gasteiger partial charge in [-0.25, -0.2) is 0 Å². The molecule has 0 radical (unpaired) electrons. The largest absolute Gasteiger partial charge is 0.508 e. The normalized spacial score (nSPS) is 14.5. The van der Waals surface area contributed by atoms with Crippen molar-refractivity contribution >= 4 is 0 Å². The highest BCUT2D eigenvalue weighted by atomic mass is 16.5. The van der Waals surface area contributed by atoms with E-state index in [2.05, 4.69) is 19.2 Å². The summed E-state index contributed by atoms with van der Waals surface area (Å²) in [5.74, 6) is 1.08. The molecule has 0 aliphatic carbocycles. The predicted octanol–water partition coefficient (Wildman–Crippen LogP) is 2.85. The number of aromatic hydroxyl groups is 1. The Labute approximate surface area is 97.4 Å². The minimum Gasteiger partial charge on any atom is -0.508 e. The molecule has 16 heavy (non-hydrogen) atoms. The molecule has 0 bridgehead atoms. The first-order valence-electron chi connectivity index (χ1n) is 5.71. The van der Waals surface area contributed by atoms with Gasteiger partial charge in [-0.2, -0.15) is 0 Å². The van der Waals surface area contributed by atoms with Crippen LogP contribution in [0.1, 0.15) is 38.8 Å². The van der Waals surface area contributed by atoms with Gasteiger partial charge in [0.2, 0.25) is 0 Å². The van der Waals surface area contributed by atoms with Gasteiger partial charge in [-0.15, -0.1) is 0 Å². The van der Waals surface area contributed by atoms with E-state index in [1.807, 2.05) is 13.0 Å². The van der Waals surface area contributed by atoms with Crippen molar-refractivity contribution in [3.63, 3.8) is 0 Å². The smallest absolute Gasteiger partial charge is 0.120 e. The van der Waals surface area contributed by atoms with E-state index >= 15 is 0 Å². The fourth-order valence-electron chi connectivity index (χ4n) is 1.64. The van der Waals surface area contributed by atoms with Gasteiger partial charge in [-0.3, -0.25) is 0 Å². The molecular weight excluding hydrogens is 202 g/mol. The Morgan fingerprint density at radius 1 is 1.38 bits per heavy atom. The fourth-order valence-corrected chi connectivity index (χ4v) is 1.64. The molecule has 3 heteroatoms. The van der Waals surface area contributed by atoms with Crippen molar-refractivity contribution < 1.29 is 9.84 Å². The molecular formula is C13H21NO2. The van der Waals surface area contributed by atoms with Crippen molar-refractivity contribution in [2.45, 2.75) is 39.3 Å². The van der Waals surface area contributed by atoms with E-state index in [-0.39, 0.29) is 6.04 Å². The van der Waals surface area contributed by atoms with Crippen LogP contribution in [0.3, 0.4) is 0 Å². The van der Waals surface area contributed by atoms with E-state index in [1.54, 1.807) is 19.2 Å². The Balaban J connectivity index is 2.84. The topological polar surface area (TPSA) is 41.5 Å². The summed E-state index contributed by atoms with van der Waals surface area (Å²) in [4.78, 5) is 0. The lowest BCUT2D eigenvalue weighted by Crippen LogP contribution is -2.28. The number of rotatable bonds is 5. The maximum absolute atomic E-state index is 9.79. The summed E-state index contributed by atoms with van der Waals surface area (Å²) in [6.45, 7) is 6.31. The first-order chi connectivity index (χ1) is 7.58. The molecule has 2 unspecified atom stereocenters. The molecule has 0 amide bonds. The van der Waals surface area contributed by atoms with E-state index in [0.717, 1.165) is 17.7 Å². The molecule has 1 aromatic rings. The molecule has 1 rings (SSSR count). The quantitative estimate of drug-likeness (QED) is 0.806. The van der Waals surface area contributed by atoms with Gasteiger partial charge in [0.25, 0.3) is 0 Å². The zero-order valence-electron chi connectivity index (χ0n) is 10.4. The van der Waals surface area contributed by atoms with E-state index in [4.69, 9.17) is 4.74 Å². The summed E-state index contributed by atoms with van der Waals surface area (Å²) in [6.07, 6.45) is 1.06. The second-order valence-electron chi connectivity index (χ2n) is 4.12. The molecule has 0 spiro atoms. The standard InChI is InChI=1S/C13H21NO2/c1-5-9(2)14-10(3)12-8-11(16-4)6-7-13(12)15/h6-10,14-15H,5H2,1-4H3. The fraction of sp³-hybridized carbons (Fsp3) is 0.538. The Morgan fingerprint density at radius 2 is 2.06 bits per heavy atom. The summed E-state index contributed by atoms with van der Waals surface area (Å²) >= 11 is 0. The Morgan fingerprint density at radius 3 is 2.62 bits per heavy atom. The molecule has 3 nitrogen and oxygen atoms in total. The number of nitrogens with one attached hydrogen (secondary N) is 1. The molecule has 0 aliphatic heterocycles. The first-order valence-corrected chi connectivity index (χ1v) is 5.71. The van der Waals surface area contributed by atoms with E-state index in [0.29, 0.717) is 11.8 Å². The van der Waals surface area contributed by atoms with Crippen molar-refractivity contribution in [3.05, 3.63) is 23.8 Å². The molecule has 2 N–H and O–H groups in total. The summed E-state index contributed by atoms with van der Waals surface area (Å²) < 4.78 is 5.15. The summed E-state index contributed by atoms with van der Waals surface area (Å²) in [5, 5.41) is 13.2. The molecule has 2 atom stereocenters. The Bertz CT molecular complexity index is 339. The van der Waals surface area contributed by atoms with Crippen LogP contribution < -0.4 is 10.1 Å². The van der Waals surface area contributed by atoms with Crippen LogP contribution in [0.15, 0.2) is 18.2 Å². The molecule has 0 saturated heterocycles. The van der Waals surface area contributed by atoms with Crippen LogP contribution in [-0.4, -0.2) is 18.3 Å². The van der Waals surface area contributed by atoms with Crippen LogP contribution in [-0.2, 0) is 0 Å². The zero-order valence-corrected chi connectivity index (χ0v) is 10.4. The zero-order chi connectivity index (χ0) is 12.1. The second-order valence-corrected chi connectivity index (χ2v) is 4.12. The van der Waals surface area contributed by atoms with Gasteiger partial charge in [0.1, 0.15) is 11.5 Å². The lowest BCUT2D eigenvalue weighted by atomic mass is 10.1. The highest BCUT2D eigenvalue weighted by Crippen LogP contribution is 2.28. The van der Waals surface area contributed by atoms with Crippen LogP contribution >= 0.6 is 0 Å². The highest BCUT2D eigenvalue weighted by Gasteiger charge is 2.13. The first kappa shape index (κ1) is 12.8. The van der Waals surface area contributed by atoms with Crippen LogP contribution in [0.4, 0.5) is 0 Å². The van der Waals surface area contributed by atoms with Gasteiger partial charge in [0.15, 0.2) is 0 Å². The van der Waals surface area contributed by atoms with Crippen LogP contribution in [0.2, 0.25) is 0 Å².